The average Bonchev–Trinajstić information content (AvgIpc) is 2.61. The highest BCUT2D eigenvalue weighted by molar-refractivity contribution is 5.96. The molecule has 2 aromatic carbocycles. The maximum atomic E-state index is 12.1. The second kappa shape index (κ2) is 9.52. The van der Waals surface area contributed by atoms with Gasteiger partial charge in [-0.2, -0.15) is 5.10 Å². The van der Waals surface area contributed by atoms with Gasteiger partial charge < -0.3 is 10.1 Å². The van der Waals surface area contributed by atoms with Crippen LogP contribution in [0.15, 0.2) is 47.6 Å². The second-order valence-electron chi connectivity index (χ2n) is 6.65. The zero-order valence-corrected chi connectivity index (χ0v) is 16.1. The second-order valence-corrected chi connectivity index (χ2v) is 6.65. The highest BCUT2D eigenvalue weighted by atomic mass is 16.5. The van der Waals surface area contributed by atoms with Crippen molar-refractivity contribution in [2.75, 3.05) is 12.4 Å². The predicted octanol–water partition coefficient (Wildman–Crippen LogP) is 3.75. The van der Waals surface area contributed by atoms with E-state index in [0.717, 1.165) is 16.9 Å². The van der Waals surface area contributed by atoms with Gasteiger partial charge >= 0.3 is 0 Å². The third-order valence-electron chi connectivity index (χ3n) is 3.82. The molecule has 2 N–H and O–H groups in total. The van der Waals surface area contributed by atoms with E-state index in [0.29, 0.717) is 23.6 Å². The van der Waals surface area contributed by atoms with Crippen LogP contribution in [0.5, 0.6) is 5.75 Å². The molecule has 6 nitrogen and oxygen atoms in total. The number of hydrogen-bond donors (Lipinski definition) is 2. The summed E-state index contributed by atoms with van der Waals surface area (Å²) >= 11 is 0. The van der Waals surface area contributed by atoms with Crippen LogP contribution in [0.2, 0.25) is 0 Å². The molecule has 142 valence electrons. The zero-order valence-electron chi connectivity index (χ0n) is 16.1. The highest BCUT2D eigenvalue weighted by Crippen LogP contribution is 2.17. The van der Waals surface area contributed by atoms with Crippen molar-refractivity contribution in [3.8, 4) is 5.75 Å². The van der Waals surface area contributed by atoms with Crippen molar-refractivity contribution in [1.29, 1.82) is 0 Å². The number of carbonyl (C=O) groups is 2. The number of nitrogens with one attached hydrogen (secondary N) is 2. The molecule has 27 heavy (non-hydrogen) atoms. The van der Waals surface area contributed by atoms with Crippen molar-refractivity contribution >= 4 is 23.7 Å². The van der Waals surface area contributed by atoms with E-state index in [1.165, 1.54) is 0 Å². The Hall–Kier alpha value is -3.15. The molecule has 0 aliphatic carbocycles. The van der Waals surface area contributed by atoms with Crippen LogP contribution >= 0.6 is 0 Å². The number of carbonyl (C=O) groups excluding carboxylic acids is 2. The monoisotopic (exact) mass is 367 g/mol. The SMILES string of the molecule is COc1ccc(C=NNC(=O)c2ccc(NC(=O)CC(C)C)cc2)cc1C. The molecule has 0 saturated carbocycles. The molecular formula is C21H25N3O3. The van der Waals surface area contributed by atoms with Crippen LogP contribution < -0.4 is 15.5 Å². The van der Waals surface area contributed by atoms with Gasteiger partial charge in [-0.05, 0) is 66.4 Å². The van der Waals surface area contributed by atoms with Crippen LogP contribution in [0.3, 0.4) is 0 Å². The van der Waals surface area contributed by atoms with Gasteiger partial charge in [0.05, 0.1) is 13.3 Å². The summed E-state index contributed by atoms with van der Waals surface area (Å²) < 4.78 is 5.21. The summed E-state index contributed by atoms with van der Waals surface area (Å²) in [5, 5.41) is 6.79. The summed E-state index contributed by atoms with van der Waals surface area (Å²) in [4.78, 5) is 23.9. The van der Waals surface area contributed by atoms with E-state index in [1.807, 2.05) is 39.0 Å². The van der Waals surface area contributed by atoms with Gasteiger partial charge in [-0.25, -0.2) is 5.43 Å². The number of methoxy groups -OCH3 is 1. The fraction of sp³-hybridized carbons (Fsp3) is 0.286. The van der Waals surface area contributed by atoms with E-state index >= 15 is 0 Å². The first kappa shape index (κ1) is 20.2. The first-order valence-corrected chi connectivity index (χ1v) is 8.77. The van der Waals surface area contributed by atoms with Gasteiger partial charge in [-0.15, -0.1) is 0 Å². The van der Waals surface area contributed by atoms with E-state index in [2.05, 4.69) is 15.8 Å². The van der Waals surface area contributed by atoms with Crippen LogP contribution in [0.4, 0.5) is 5.69 Å². The van der Waals surface area contributed by atoms with E-state index in [1.54, 1.807) is 37.6 Å². The van der Waals surface area contributed by atoms with Gasteiger partial charge in [-0.1, -0.05) is 13.8 Å². The van der Waals surface area contributed by atoms with Gasteiger partial charge in [0, 0.05) is 17.7 Å². The Balaban J connectivity index is 1.92. The van der Waals surface area contributed by atoms with Crippen LogP contribution in [-0.4, -0.2) is 25.1 Å². The van der Waals surface area contributed by atoms with Gasteiger partial charge in [0.15, 0.2) is 0 Å². The van der Waals surface area contributed by atoms with Gasteiger partial charge in [0.2, 0.25) is 5.91 Å². The molecule has 0 bridgehead atoms. The molecule has 0 aliphatic heterocycles. The average molecular weight is 367 g/mol. The molecule has 2 amide bonds. The molecule has 0 atom stereocenters. The maximum Gasteiger partial charge on any atom is 0.271 e. The minimum absolute atomic E-state index is 0.0402. The van der Waals surface area contributed by atoms with E-state index in [4.69, 9.17) is 4.74 Å². The summed E-state index contributed by atoms with van der Waals surface area (Å²) in [5.41, 5.74) is 5.46. The largest absolute Gasteiger partial charge is 0.496 e. The van der Waals surface area contributed by atoms with Gasteiger partial charge in [0.25, 0.3) is 5.91 Å². The molecule has 6 heteroatoms. The lowest BCUT2D eigenvalue weighted by Crippen LogP contribution is -2.18. The summed E-state index contributed by atoms with van der Waals surface area (Å²) in [5.74, 6) is 0.734. The van der Waals surface area contributed by atoms with Crippen molar-refractivity contribution in [2.24, 2.45) is 11.0 Å². The number of rotatable bonds is 7. The van der Waals surface area contributed by atoms with E-state index in [-0.39, 0.29) is 11.8 Å². The normalized spacial score (nSPS) is 10.9. The standard InChI is InChI=1S/C21H25N3O3/c1-14(2)11-20(25)23-18-8-6-17(7-9-18)21(26)24-22-13-16-5-10-19(27-4)15(3)12-16/h5-10,12-14H,11H2,1-4H3,(H,23,25)(H,24,26). The lowest BCUT2D eigenvalue weighted by atomic mass is 10.1. The number of amides is 2. The molecule has 0 radical (unpaired) electrons. The molecule has 0 fully saturated rings. The Morgan fingerprint density at radius 3 is 2.44 bits per heavy atom. The quantitative estimate of drug-likeness (QED) is 0.578. The number of aryl methyl sites for hydroxylation is 1. The molecule has 0 aromatic heterocycles. The lowest BCUT2D eigenvalue weighted by molar-refractivity contribution is -0.116. The first-order valence-electron chi connectivity index (χ1n) is 8.77. The summed E-state index contributed by atoms with van der Waals surface area (Å²) in [6.07, 6.45) is 2.03. The minimum atomic E-state index is -0.323. The maximum absolute atomic E-state index is 12.1. The van der Waals surface area contributed by atoms with Crippen LogP contribution in [0, 0.1) is 12.8 Å². The Morgan fingerprint density at radius 1 is 1.15 bits per heavy atom. The summed E-state index contributed by atoms with van der Waals surface area (Å²) in [6, 6.07) is 12.3. The Morgan fingerprint density at radius 2 is 1.85 bits per heavy atom. The fourth-order valence-corrected chi connectivity index (χ4v) is 2.50. The van der Waals surface area contributed by atoms with Gasteiger partial charge in [0.1, 0.15) is 5.75 Å². The first-order chi connectivity index (χ1) is 12.9. The third-order valence-corrected chi connectivity index (χ3v) is 3.82. The van der Waals surface area contributed by atoms with Crippen LogP contribution in [0.25, 0.3) is 0 Å². The Labute approximate surface area is 159 Å². The molecule has 2 aromatic rings. The Kier molecular flexibility index (Phi) is 7.11. The minimum Gasteiger partial charge on any atom is -0.496 e. The molecule has 0 unspecified atom stereocenters. The van der Waals surface area contributed by atoms with E-state index < -0.39 is 0 Å². The molecule has 0 spiro atoms. The smallest absolute Gasteiger partial charge is 0.271 e. The summed E-state index contributed by atoms with van der Waals surface area (Å²) in [7, 11) is 1.62. The van der Waals surface area contributed by atoms with Crippen molar-refractivity contribution in [3.05, 3.63) is 59.2 Å². The van der Waals surface area contributed by atoms with Crippen molar-refractivity contribution in [3.63, 3.8) is 0 Å². The topological polar surface area (TPSA) is 79.8 Å². The Bertz CT molecular complexity index is 827. The highest BCUT2D eigenvalue weighted by Gasteiger charge is 2.07. The number of nitrogens with zero attached hydrogens (tertiary/aromatic N) is 1. The number of anilines is 1. The van der Waals surface area contributed by atoms with Gasteiger partial charge in [-0.3, -0.25) is 9.59 Å². The fourth-order valence-electron chi connectivity index (χ4n) is 2.50. The van der Waals surface area contributed by atoms with Crippen molar-refractivity contribution < 1.29 is 14.3 Å². The predicted molar refractivity (Wildman–Crippen MR) is 107 cm³/mol. The van der Waals surface area contributed by atoms with Crippen molar-refractivity contribution in [1.82, 2.24) is 5.43 Å². The molecular weight excluding hydrogens is 342 g/mol. The molecule has 0 aliphatic rings. The molecule has 0 heterocycles. The zero-order chi connectivity index (χ0) is 19.8. The number of hydrazone groups is 1. The van der Waals surface area contributed by atoms with Crippen LogP contribution in [0.1, 0.15) is 41.8 Å². The molecule has 0 saturated heterocycles. The third kappa shape index (κ3) is 6.26. The number of ether oxygens (including phenoxy) is 1. The summed E-state index contributed by atoms with van der Waals surface area (Å²) in [6.45, 7) is 5.91. The number of hydrogen-bond acceptors (Lipinski definition) is 4. The number of benzene rings is 2. The van der Waals surface area contributed by atoms with Crippen LogP contribution in [-0.2, 0) is 4.79 Å². The van der Waals surface area contributed by atoms with E-state index in [9.17, 15) is 9.59 Å². The lowest BCUT2D eigenvalue weighted by Gasteiger charge is -2.07. The molecule has 2 rings (SSSR count). The van der Waals surface area contributed by atoms with Crippen molar-refractivity contribution in [2.45, 2.75) is 27.2 Å².